The van der Waals surface area contributed by atoms with Gasteiger partial charge in [0.05, 0.1) is 6.04 Å². The summed E-state index contributed by atoms with van der Waals surface area (Å²) in [6.45, 7) is 0. The van der Waals surface area contributed by atoms with E-state index in [0.717, 1.165) is 11.3 Å². The number of halogens is 6. The fourth-order valence-electron chi connectivity index (χ4n) is 2.00. The molecule has 10 heteroatoms. The summed E-state index contributed by atoms with van der Waals surface area (Å²) < 4.78 is 37.3. The number of fused-ring (bicyclic) bond motifs is 1. The third-order valence-corrected chi connectivity index (χ3v) is 4.40. The average Bonchev–Trinajstić information content (AvgIpc) is 2.67. The van der Waals surface area contributed by atoms with Crippen molar-refractivity contribution in [2.24, 2.45) is 0 Å². The molecule has 0 bridgehead atoms. The van der Waals surface area contributed by atoms with E-state index in [1.807, 2.05) is 5.32 Å². The quantitative estimate of drug-likeness (QED) is 0.699. The summed E-state index contributed by atoms with van der Waals surface area (Å²) in [5.41, 5.74) is 4.90. The maximum absolute atomic E-state index is 12.2. The molecular formula is C9H8Cl3F3N2OS. The molecule has 1 heterocycles. The van der Waals surface area contributed by atoms with Crippen molar-refractivity contribution in [2.75, 3.05) is 0 Å². The van der Waals surface area contributed by atoms with E-state index in [9.17, 15) is 18.0 Å². The molecule has 2 rings (SSSR count). The van der Waals surface area contributed by atoms with Crippen LogP contribution in [0, 0.1) is 0 Å². The molecule has 0 aromatic carbocycles. The number of amides is 1. The lowest BCUT2D eigenvalue weighted by atomic mass is 10.2. The molecule has 1 amide bonds. The number of thiophene rings is 1. The average molecular weight is 356 g/mol. The Hall–Kier alpha value is -0.210. The molecule has 1 aromatic rings. The third-order valence-electron chi connectivity index (χ3n) is 2.73. The molecule has 2 atom stereocenters. The summed E-state index contributed by atoms with van der Waals surface area (Å²) in [6.07, 6.45) is -4.65. The molecule has 4 N–H and O–H groups in total. The first-order chi connectivity index (χ1) is 8.21. The van der Waals surface area contributed by atoms with Gasteiger partial charge in [-0.25, -0.2) is 0 Å². The first-order valence-corrected chi connectivity index (χ1v) is 6.47. The normalized spacial score (nSPS) is 21.8. The smallest absolute Gasteiger partial charge is 0.471 e. The Bertz CT molecular complexity index is 506. The second kappa shape index (κ2) is 5.65. The van der Waals surface area contributed by atoms with Crippen LogP contribution in [0.1, 0.15) is 29.6 Å². The molecule has 0 saturated heterocycles. The van der Waals surface area contributed by atoms with Crippen molar-refractivity contribution in [3.8, 4) is 0 Å². The van der Waals surface area contributed by atoms with Gasteiger partial charge in [0.1, 0.15) is 14.7 Å². The number of nitrogens with one attached hydrogen (secondary N) is 1. The molecule has 1 aliphatic rings. The van der Waals surface area contributed by atoms with Gasteiger partial charge in [0.2, 0.25) is 0 Å². The minimum atomic E-state index is -4.91. The van der Waals surface area contributed by atoms with E-state index in [1.165, 1.54) is 0 Å². The van der Waals surface area contributed by atoms with Crippen LogP contribution in [0.5, 0.6) is 0 Å². The maximum atomic E-state index is 12.2. The second-order valence-corrected chi connectivity index (χ2v) is 6.16. The van der Waals surface area contributed by atoms with Crippen LogP contribution in [-0.2, 0) is 4.79 Å². The summed E-state index contributed by atoms with van der Waals surface area (Å²) in [7, 11) is 0. The number of quaternary nitrogens is 1. The third kappa shape index (κ3) is 3.11. The molecular weight excluding hydrogens is 348 g/mol. The molecule has 0 unspecified atom stereocenters. The predicted molar refractivity (Wildman–Crippen MR) is 61.5 cm³/mol. The first-order valence-electron chi connectivity index (χ1n) is 4.90. The Kier molecular flexibility index (Phi) is 5.01. The van der Waals surface area contributed by atoms with Crippen molar-refractivity contribution in [1.82, 2.24) is 5.32 Å². The predicted octanol–water partition coefficient (Wildman–Crippen LogP) is -0.535. The van der Waals surface area contributed by atoms with Crippen molar-refractivity contribution in [3.05, 3.63) is 19.8 Å². The van der Waals surface area contributed by atoms with E-state index in [-0.39, 0.29) is 24.9 Å². The van der Waals surface area contributed by atoms with Gasteiger partial charge >= 0.3 is 12.1 Å². The number of alkyl halides is 3. The van der Waals surface area contributed by atoms with Gasteiger partial charge in [-0.05, 0) is 0 Å². The fourth-order valence-corrected chi connectivity index (χ4v) is 3.97. The standard InChI is InChI=1S/C9H7Cl2F3N2OS.ClH/c10-6-4-2(15)1-3(5(4)7(11)18-6)16-8(17)9(12,13)14;/h2-3H,1,15H2,(H,16,17);1H/t2-,3+;/m1./s1. The van der Waals surface area contributed by atoms with Gasteiger partial charge in [0, 0.05) is 17.5 Å². The van der Waals surface area contributed by atoms with Gasteiger partial charge in [-0.1, -0.05) is 23.2 Å². The van der Waals surface area contributed by atoms with Crippen LogP contribution < -0.4 is 23.5 Å². The minimum absolute atomic E-state index is 0. The molecule has 19 heavy (non-hydrogen) atoms. The second-order valence-electron chi connectivity index (χ2n) is 3.93. The minimum Gasteiger partial charge on any atom is -1.00 e. The van der Waals surface area contributed by atoms with Crippen molar-refractivity contribution < 1.29 is 36.1 Å². The van der Waals surface area contributed by atoms with Gasteiger partial charge < -0.3 is 23.5 Å². The Labute approximate surface area is 126 Å². The molecule has 0 aliphatic heterocycles. The lowest BCUT2D eigenvalue weighted by Crippen LogP contribution is -3.00. The molecule has 0 saturated carbocycles. The van der Waals surface area contributed by atoms with Gasteiger partial charge in [0.15, 0.2) is 0 Å². The number of carbonyl (C=O) groups excluding carboxylic acids is 1. The van der Waals surface area contributed by atoms with Crippen LogP contribution in [0.15, 0.2) is 0 Å². The zero-order chi connectivity index (χ0) is 13.7. The highest BCUT2D eigenvalue weighted by atomic mass is 35.5. The van der Waals surface area contributed by atoms with Crippen molar-refractivity contribution in [2.45, 2.75) is 24.7 Å². The van der Waals surface area contributed by atoms with Gasteiger partial charge in [-0.2, -0.15) is 13.2 Å². The lowest BCUT2D eigenvalue weighted by Gasteiger charge is -2.14. The number of hydrogen-bond donors (Lipinski definition) is 2. The summed E-state index contributed by atoms with van der Waals surface area (Å²) >= 11 is 12.9. The molecule has 1 aliphatic carbocycles. The molecule has 0 fully saturated rings. The molecule has 0 radical (unpaired) electrons. The van der Waals surface area contributed by atoms with Gasteiger partial charge in [-0.3, -0.25) is 4.79 Å². The van der Waals surface area contributed by atoms with Crippen molar-refractivity contribution in [3.63, 3.8) is 0 Å². The zero-order valence-electron chi connectivity index (χ0n) is 9.15. The highest BCUT2D eigenvalue weighted by Gasteiger charge is 2.44. The maximum Gasteiger partial charge on any atom is 0.471 e. The molecule has 108 valence electrons. The van der Waals surface area contributed by atoms with Crippen molar-refractivity contribution >= 4 is 40.4 Å². The van der Waals surface area contributed by atoms with Crippen LogP contribution in [-0.4, -0.2) is 12.1 Å². The zero-order valence-corrected chi connectivity index (χ0v) is 12.2. The number of rotatable bonds is 1. The van der Waals surface area contributed by atoms with Crippen LogP contribution in [0.4, 0.5) is 13.2 Å². The molecule has 1 aromatic heterocycles. The summed E-state index contributed by atoms with van der Waals surface area (Å²) in [5, 5.41) is 1.92. The number of hydrogen-bond acceptors (Lipinski definition) is 2. The van der Waals surface area contributed by atoms with Crippen molar-refractivity contribution in [1.29, 1.82) is 0 Å². The largest absolute Gasteiger partial charge is 1.00 e. The van der Waals surface area contributed by atoms with Gasteiger partial charge in [-0.15, -0.1) is 11.3 Å². The first kappa shape index (κ1) is 16.8. The van der Waals surface area contributed by atoms with E-state index in [4.69, 9.17) is 23.2 Å². The van der Waals surface area contributed by atoms with E-state index in [2.05, 4.69) is 5.73 Å². The molecule has 3 nitrogen and oxygen atoms in total. The van der Waals surface area contributed by atoms with Crippen LogP contribution in [0.25, 0.3) is 0 Å². The van der Waals surface area contributed by atoms with Crippen LogP contribution in [0.2, 0.25) is 8.67 Å². The van der Waals surface area contributed by atoms with Crippen LogP contribution in [0.3, 0.4) is 0 Å². The topological polar surface area (TPSA) is 56.7 Å². The van der Waals surface area contributed by atoms with E-state index in [0.29, 0.717) is 19.8 Å². The monoisotopic (exact) mass is 354 g/mol. The van der Waals surface area contributed by atoms with E-state index < -0.39 is 18.1 Å². The van der Waals surface area contributed by atoms with Crippen LogP contribution >= 0.6 is 34.5 Å². The Morgan fingerprint density at radius 2 is 1.84 bits per heavy atom. The summed E-state index contributed by atoms with van der Waals surface area (Å²) in [5.74, 6) is -1.98. The molecule has 0 spiro atoms. The fraction of sp³-hybridized carbons (Fsp3) is 0.444. The SMILES string of the molecule is [Cl-].[NH3+][C@@H]1C[C@H](NC(=O)C(F)(F)F)c2c(Cl)sc(Cl)c21. The lowest BCUT2D eigenvalue weighted by molar-refractivity contribution is -0.426. The highest BCUT2D eigenvalue weighted by molar-refractivity contribution is 7.20. The Balaban J connectivity index is 0.00000180. The Morgan fingerprint density at radius 1 is 1.32 bits per heavy atom. The Morgan fingerprint density at radius 3 is 2.37 bits per heavy atom. The van der Waals surface area contributed by atoms with E-state index in [1.54, 1.807) is 0 Å². The van der Waals surface area contributed by atoms with E-state index >= 15 is 0 Å². The van der Waals surface area contributed by atoms with Gasteiger partial charge in [0.25, 0.3) is 0 Å². The summed E-state index contributed by atoms with van der Waals surface area (Å²) in [6, 6.07) is -1.05. The number of carbonyl (C=O) groups is 1. The highest BCUT2D eigenvalue weighted by Crippen LogP contribution is 2.49. The summed E-state index contributed by atoms with van der Waals surface area (Å²) in [4.78, 5) is 10.9.